The third kappa shape index (κ3) is 5.74. The Hall–Kier alpha value is -7.00. The van der Waals surface area contributed by atoms with Gasteiger partial charge in [-0.15, -0.1) is 11.3 Å². The first kappa shape index (κ1) is 35.9. The van der Waals surface area contributed by atoms with E-state index in [-0.39, 0.29) is 11.3 Å². The minimum atomic E-state index is -0.259. The second kappa shape index (κ2) is 14.6. The van der Waals surface area contributed by atoms with Crippen LogP contribution in [-0.4, -0.2) is 0 Å². The van der Waals surface area contributed by atoms with Gasteiger partial charge >= 0.3 is 0 Å². The largest absolute Gasteiger partial charge is 0.314 e. The van der Waals surface area contributed by atoms with Crippen molar-refractivity contribution in [1.29, 1.82) is 0 Å². The quantitative estimate of drug-likeness (QED) is 0.155. The Morgan fingerprint density at radius 2 is 1.26 bits per heavy atom. The van der Waals surface area contributed by atoms with Crippen molar-refractivity contribution in [3.05, 3.63) is 252 Å². The van der Waals surface area contributed by atoms with Gasteiger partial charge in [0.25, 0.3) is 0 Å². The highest BCUT2D eigenvalue weighted by Gasteiger charge is 2.53. The van der Waals surface area contributed by atoms with E-state index in [4.69, 9.17) is 0 Å². The molecule has 0 radical (unpaired) electrons. The topological polar surface area (TPSA) is 3.24 Å². The van der Waals surface area contributed by atoms with Crippen molar-refractivity contribution in [2.45, 2.75) is 24.2 Å². The van der Waals surface area contributed by atoms with Crippen LogP contribution in [0.5, 0.6) is 0 Å². The lowest BCUT2D eigenvalue weighted by atomic mass is 9.61. The van der Waals surface area contributed by atoms with E-state index in [1.165, 1.54) is 86.8 Å². The van der Waals surface area contributed by atoms with Gasteiger partial charge in [0.15, 0.2) is 0 Å². The highest BCUT2D eigenvalue weighted by Crippen LogP contribution is 2.62. The Morgan fingerprint density at radius 3 is 2.10 bits per heavy atom. The molecule has 0 saturated carbocycles. The lowest BCUT2D eigenvalue weighted by Crippen LogP contribution is -2.37. The second-order valence-corrected chi connectivity index (χ2v) is 17.8. The first-order valence-electron chi connectivity index (χ1n) is 21.5. The Kier molecular flexibility index (Phi) is 8.61. The first-order valence-corrected chi connectivity index (χ1v) is 22.4. The molecule has 8 aromatic carbocycles. The molecule has 1 nitrogen and oxygen atoms in total. The van der Waals surface area contributed by atoms with Crippen LogP contribution in [0.2, 0.25) is 0 Å². The SMILES string of the molecule is C1=CCC(C2(c3ccccc3)C3=CC=C(N(c4ccc(-c5ccc6sc7ccccc7c6c5)cc4)c4ccc5ccccc5c4-c4ccccc4)CC3c3ccccc32)C=C1. The number of thiophene rings is 1. The predicted octanol–water partition coefficient (Wildman–Crippen LogP) is 16.1. The van der Waals surface area contributed by atoms with Gasteiger partial charge in [-0.3, -0.25) is 0 Å². The summed E-state index contributed by atoms with van der Waals surface area (Å²) < 4.78 is 2.66. The lowest BCUT2D eigenvalue weighted by molar-refractivity contribution is 0.439. The van der Waals surface area contributed by atoms with Gasteiger partial charge < -0.3 is 4.90 Å². The molecule has 3 atom stereocenters. The van der Waals surface area contributed by atoms with Gasteiger partial charge in [-0.05, 0) is 111 Å². The summed E-state index contributed by atoms with van der Waals surface area (Å²) in [5.41, 5.74) is 14.1. The van der Waals surface area contributed by atoms with Crippen LogP contribution in [-0.2, 0) is 5.41 Å². The van der Waals surface area contributed by atoms with Gasteiger partial charge in [0.05, 0.1) is 5.69 Å². The van der Waals surface area contributed by atoms with Crippen LogP contribution < -0.4 is 4.90 Å². The monoisotopic (exact) mass is 797 g/mol. The van der Waals surface area contributed by atoms with Crippen molar-refractivity contribution in [3.8, 4) is 22.3 Å². The van der Waals surface area contributed by atoms with E-state index in [0.717, 1.165) is 18.5 Å². The number of allylic oxidation sites excluding steroid dienone is 8. The Balaban J connectivity index is 1.05. The number of fused-ring (bicyclic) bond motifs is 7. The maximum absolute atomic E-state index is 2.57. The highest BCUT2D eigenvalue weighted by atomic mass is 32.1. The summed E-state index contributed by atoms with van der Waals surface area (Å²) in [6.45, 7) is 0. The van der Waals surface area contributed by atoms with Crippen molar-refractivity contribution in [2.24, 2.45) is 5.92 Å². The number of nitrogens with zero attached hydrogens (tertiary/aromatic N) is 1. The molecule has 1 heterocycles. The maximum Gasteiger partial charge on any atom is 0.0543 e. The molecule has 0 aliphatic heterocycles. The van der Waals surface area contributed by atoms with Gasteiger partial charge in [0.1, 0.15) is 0 Å². The standard InChI is InChI=1S/C59H43NS/c1-4-17-42(18-5-1)58-48-23-11-10-16-41(48)30-36-55(58)60(46-32-28-40(29-33-46)43-31-37-57-52(38-43)50-25-13-15-27-56(50)61-57)47-34-35-54-51(39-47)49-24-12-14-26-53(49)59(54,44-19-6-2-7-20-44)45-21-8-3-9-22-45/h1-21,23-38,45,51H,22,39H2. The van der Waals surface area contributed by atoms with Crippen molar-refractivity contribution < 1.29 is 0 Å². The average Bonchev–Trinajstić information content (AvgIpc) is 3.86. The van der Waals surface area contributed by atoms with Crippen LogP contribution in [0.25, 0.3) is 53.2 Å². The molecule has 0 amide bonds. The number of anilines is 2. The fourth-order valence-corrected chi connectivity index (χ4v) is 12.0. The molecule has 0 N–H and O–H groups in total. The van der Waals surface area contributed by atoms with Crippen molar-refractivity contribution in [1.82, 2.24) is 0 Å². The van der Waals surface area contributed by atoms with Crippen LogP contribution in [0.1, 0.15) is 35.4 Å². The minimum Gasteiger partial charge on any atom is -0.314 e. The second-order valence-electron chi connectivity index (χ2n) is 16.7. The number of benzene rings is 8. The molecule has 9 aromatic rings. The van der Waals surface area contributed by atoms with E-state index in [0.29, 0.717) is 5.92 Å². The number of rotatable bonds is 7. The fourth-order valence-electron chi connectivity index (χ4n) is 10.9. The fraction of sp³-hybridized carbons (Fsp3) is 0.0847. The Bertz CT molecular complexity index is 3260. The molecule has 61 heavy (non-hydrogen) atoms. The van der Waals surface area contributed by atoms with Crippen molar-refractivity contribution in [3.63, 3.8) is 0 Å². The van der Waals surface area contributed by atoms with Crippen LogP contribution >= 0.6 is 11.3 Å². The molecule has 2 heteroatoms. The molecular weight excluding hydrogens is 755 g/mol. The Labute approximate surface area is 361 Å². The summed E-state index contributed by atoms with van der Waals surface area (Å²) in [6.07, 6.45) is 16.1. The lowest BCUT2D eigenvalue weighted by Gasteiger charge is -2.42. The summed E-state index contributed by atoms with van der Waals surface area (Å²) >= 11 is 1.87. The van der Waals surface area contributed by atoms with Crippen LogP contribution in [0.15, 0.2) is 236 Å². The molecule has 0 spiro atoms. The predicted molar refractivity (Wildman–Crippen MR) is 260 cm³/mol. The Morgan fingerprint density at radius 1 is 0.541 bits per heavy atom. The molecule has 3 aliphatic carbocycles. The molecule has 0 bridgehead atoms. The smallest absolute Gasteiger partial charge is 0.0543 e. The summed E-state index contributed by atoms with van der Waals surface area (Å²) in [6, 6.07) is 70.1. The van der Waals surface area contributed by atoms with Gasteiger partial charge in [-0.1, -0.05) is 182 Å². The normalized spacial score (nSPS) is 19.1. The summed E-state index contributed by atoms with van der Waals surface area (Å²) in [5, 5.41) is 5.14. The van der Waals surface area contributed by atoms with Crippen LogP contribution in [0, 0.1) is 5.92 Å². The van der Waals surface area contributed by atoms with E-state index in [1.807, 2.05) is 11.3 Å². The van der Waals surface area contributed by atoms with Gasteiger partial charge in [0.2, 0.25) is 0 Å². The zero-order chi connectivity index (χ0) is 40.3. The molecular formula is C59H43NS. The van der Waals surface area contributed by atoms with E-state index >= 15 is 0 Å². The molecule has 3 unspecified atom stereocenters. The molecule has 1 aromatic heterocycles. The van der Waals surface area contributed by atoms with Gasteiger partial charge in [-0.25, -0.2) is 0 Å². The summed E-state index contributed by atoms with van der Waals surface area (Å²) in [4.78, 5) is 2.57. The molecule has 290 valence electrons. The van der Waals surface area contributed by atoms with Crippen LogP contribution in [0.3, 0.4) is 0 Å². The van der Waals surface area contributed by atoms with Crippen molar-refractivity contribution >= 4 is 53.7 Å². The minimum absolute atomic E-state index is 0.227. The third-order valence-electron chi connectivity index (χ3n) is 13.6. The molecule has 0 fully saturated rings. The first-order chi connectivity index (χ1) is 30.3. The summed E-state index contributed by atoms with van der Waals surface area (Å²) in [5.74, 6) is 0.539. The van der Waals surface area contributed by atoms with E-state index < -0.39 is 0 Å². The molecule has 12 rings (SSSR count). The van der Waals surface area contributed by atoms with Gasteiger partial charge in [0, 0.05) is 48.5 Å². The van der Waals surface area contributed by atoms with E-state index in [9.17, 15) is 0 Å². The van der Waals surface area contributed by atoms with Crippen molar-refractivity contribution in [2.75, 3.05) is 4.90 Å². The van der Waals surface area contributed by atoms with E-state index in [2.05, 4.69) is 229 Å². The van der Waals surface area contributed by atoms with Crippen LogP contribution in [0.4, 0.5) is 11.4 Å². The summed E-state index contributed by atoms with van der Waals surface area (Å²) in [7, 11) is 0. The number of hydrogen-bond donors (Lipinski definition) is 0. The molecule has 0 saturated heterocycles. The zero-order valence-electron chi connectivity index (χ0n) is 33.8. The zero-order valence-corrected chi connectivity index (χ0v) is 34.6. The maximum atomic E-state index is 2.57. The average molecular weight is 798 g/mol. The highest BCUT2D eigenvalue weighted by molar-refractivity contribution is 7.25. The third-order valence-corrected chi connectivity index (χ3v) is 14.7. The number of hydrogen-bond acceptors (Lipinski definition) is 2. The molecule has 3 aliphatic rings. The van der Waals surface area contributed by atoms with E-state index in [1.54, 1.807) is 0 Å². The van der Waals surface area contributed by atoms with Gasteiger partial charge in [-0.2, -0.15) is 0 Å².